The number of nitrogens with zero attached hydrogens (tertiary/aromatic N) is 6. The summed E-state index contributed by atoms with van der Waals surface area (Å²) in [6, 6.07) is 12.2. The first kappa shape index (κ1) is 29.4. The van der Waals surface area contributed by atoms with Gasteiger partial charge in [0.15, 0.2) is 20.7 Å². The number of carbonyl (C=O) groups is 1. The van der Waals surface area contributed by atoms with Crippen LogP contribution in [0.5, 0.6) is 5.75 Å². The lowest BCUT2D eigenvalue weighted by Gasteiger charge is -2.33. The molecule has 2 aliphatic rings. The Kier molecular flexibility index (Phi) is 7.12. The maximum atomic E-state index is 14.3. The van der Waals surface area contributed by atoms with Crippen molar-refractivity contribution in [2.45, 2.75) is 43.0 Å². The number of hydrogen-bond donors (Lipinski definition) is 1. The van der Waals surface area contributed by atoms with Crippen LogP contribution < -0.4 is 10.5 Å². The lowest BCUT2D eigenvalue weighted by molar-refractivity contribution is 0.0606. The number of likely N-dealkylation sites (tertiary alicyclic amines) is 1. The van der Waals surface area contributed by atoms with Gasteiger partial charge in [-0.2, -0.15) is 0 Å². The number of carbonyl (C=O) groups excluding carboxylic acids is 1. The molecule has 1 saturated carbocycles. The highest BCUT2D eigenvalue weighted by molar-refractivity contribution is 7.90. The van der Waals surface area contributed by atoms with Gasteiger partial charge in [0.2, 0.25) is 0 Å². The van der Waals surface area contributed by atoms with Gasteiger partial charge in [0.05, 0.1) is 30.6 Å². The van der Waals surface area contributed by atoms with Gasteiger partial charge in [0.1, 0.15) is 23.1 Å². The second-order valence-corrected chi connectivity index (χ2v) is 14.2. The Bertz CT molecular complexity index is 2060. The summed E-state index contributed by atoms with van der Waals surface area (Å²) >= 11 is 0. The quantitative estimate of drug-likeness (QED) is 0.285. The smallest absolute Gasteiger partial charge is 0.254 e. The fourth-order valence-electron chi connectivity index (χ4n) is 6.21. The molecule has 11 nitrogen and oxygen atoms in total. The molecule has 2 fully saturated rings. The third-order valence-corrected chi connectivity index (χ3v) is 9.64. The van der Waals surface area contributed by atoms with Crippen LogP contribution in [0.4, 0.5) is 4.39 Å². The van der Waals surface area contributed by atoms with Crippen LogP contribution in [0.25, 0.3) is 44.8 Å². The zero-order chi connectivity index (χ0) is 31.6. The number of sulfone groups is 1. The van der Waals surface area contributed by atoms with Crippen LogP contribution in [0.2, 0.25) is 0 Å². The molecule has 5 aromatic rings. The fourth-order valence-corrected chi connectivity index (χ4v) is 6.77. The molecule has 1 aliphatic heterocycles. The first-order chi connectivity index (χ1) is 21.5. The van der Waals surface area contributed by atoms with Gasteiger partial charge in [-0.3, -0.25) is 4.79 Å². The standard InChI is InChI=1S/C32H34FN7O4S/c1-38-29-25(10-21(12-27(29)44-2)32(41)39-16-22(33)13-23(34)17-39)37-31(38)26-11-19-6-8-24(36-30(19)40(26)15-18-4-5-18)20-7-9-28(35-14-20)45(3,42)43/h6-12,14,18,22-23H,4-5,13,15-17,34H2,1-3H3/t22-,23-/m1/s1. The van der Waals surface area contributed by atoms with Crippen molar-refractivity contribution in [1.82, 2.24) is 29.0 Å². The van der Waals surface area contributed by atoms with E-state index in [0.29, 0.717) is 46.4 Å². The average molecular weight is 632 g/mol. The molecule has 1 saturated heterocycles. The van der Waals surface area contributed by atoms with Crippen molar-refractivity contribution < 1.29 is 22.3 Å². The third kappa shape index (κ3) is 5.44. The van der Waals surface area contributed by atoms with E-state index < -0.39 is 22.1 Å². The number of aryl methyl sites for hydroxylation is 1. The van der Waals surface area contributed by atoms with Crippen LogP contribution in [0.3, 0.4) is 0 Å². The number of piperidine rings is 1. The Labute approximate surface area is 259 Å². The number of hydrogen-bond acceptors (Lipinski definition) is 8. The molecule has 0 spiro atoms. The SMILES string of the molecule is COc1cc(C(=O)N2C[C@H](N)C[C@@H](F)C2)cc2nc(-c3cc4ccc(-c5ccc(S(C)(=O)=O)nc5)nc4n3CC3CC3)n(C)c12. The molecular weight excluding hydrogens is 597 g/mol. The number of pyridine rings is 2. The molecular formula is C32H34FN7O4S. The monoisotopic (exact) mass is 631 g/mol. The Hall–Kier alpha value is -4.36. The highest BCUT2D eigenvalue weighted by Crippen LogP contribution is 2.38. The number of aromatic nitrogens is 5. The number of rotatable bonds is 7. The Morgan fingerprint density at radius 2 is 1.91 bits per heavy atom. The van der Waals surface area contributed by atoms with Crippen molar-refractivity contribution in [2.75, 3.05) is 26.5 Å². The van der Waals surface area contributed by atoms with E-state index in [1.165, 1.54) is 17.2 Å². The summed E-state index contributed by atoms with van der Waals surface area (Å²) in [6.07, 6.45) is 4.02. The largest absolute Gasteiger partial charge is 0.494 e. The van der Waals surface area contributed by atoms with Crippen molar-refractivity contribution in [2.24, 2.45) is 18.7 Å². The molecule has 2 N–H and O–H groups in total. The summed E-state index contributed by atoms with van der Waals surface area (Å²) < 4.78 is 47.9. The van der Waals surface area contributed by atoms with Crippen LogP contribution in [0.15, 0.2) is 53.7 Å². The van der Waals surface area contributed by atoms with E-state index >= 15 is 0 Å². The van der Waals surface area contributed by atoms with E-state index in [0.717, 1.165) is 47.9 Å². The Morgan fingerprint density at radius 1 is 1.11 bits per heavy atom. The molecule has 0 bridgehead atoms. The van der Waals surface area contributed by atoms with Gasteiger partial charge in [-0.1, -0.05) is 0 Å². The summed E-state index contributed by atoms with van der Waals surface area (Å²) in [4.78, 5) is 29.1. The van der Waals surface area contributed by atoms with Gasteiger partial charge in [0.25, 0.3) is 5.91 Å². The molecule has 234 valence electrons. The van der Waals surface area contributed by atoms with Gasteiger partial charge < -0.3 is 24.5 Å². The van der Waals surface area contributed by atoms with Crippen molar-refractivity contribution in [3.63, 3.8) is 0 Å². The molecule has 5 heterocycles. The zero-order valence-electron chi connectivity index (χ0n) is 25.3. The maximum Gasteiger partial charge on any atom is 0.254 e. The van der Waals surface area contributed by atoms with Gasteiger partial charge >= 0.3 is 0 Å². The molecule has 45 heavy (non-hydrogen) atoms. The Morgan fingerprint density at radius 3 is 2.58 bits per heavy atom. The minimum Gasteiger partial charge on any atom is -0.494 e. The second-order valence-electron chi connectivity index (χ2n) is 12.2. The lowest BCUT2D eigenvalue weighted by atomic mass is 10.0. The predicted molar refractivity (Wildman–Crippen MR) is 168 cm³/mol. The van der Waals surface area contributed by atoms with Crippen molar-refractivity contribution in [3.8, 4) is 28.5 Å². The van der Waals surface area contributed by atoms with E-state index in [4.69, 9.17) is 20.4 Å². The predicted octanol–water partition coefficient (Wildman–Crippen LogP) is 3.99. The highest BCUT2D eigenvalue weighted by atomic mass is 32.2. The molecule has 4 aromatic heterocycles. The molecule has 1 aliphatic carbocycles. The number of imidazole rings is 1. The summed E-state index contributed by atoms with van der Waals surface area (Å²) in [5.74, 6) is 1.41. The molecule has 1 aromatic carbocycles. The van der Waals surface area contributed by atoms with Crippen LogP contribution in [0, 0.1) is 5.92 Å². The number of ether oxygens (including phenoxy) is 1. The van der Waals surface area contributed by atoms with E-state index in [2.05, 4.69) is 15.6 Å². The van der Waals surface area contributed by atoms with E-state index in [9.17, 15) is 17.6 Å². The van der Waals surface area contributed by atoms with Crippen LogP contribution in [-0.2, 0) is 23.4 Å². The second kappa shape index (κ2) is 10.9. The number of nitrogens with two attached hydrogens (primary N) is 1. The summed E-state index contributed by atoms with van der Waals surface area (Å²) in [6.45, 7) is 1.07. The van der Waals surface area contributed by atoms with E-state index in [1.54, 1.807) is 25.3 Å². The zero-order valence-corrected chi connectivity index (χ0v) is 26.1. The molecule has 1 amide bonds. The van der Waals surface area contributed by atoms with Gasteiger partial charge in [-0.15, -0.1) is 0 Å². The number of methoxy groups -OCH3 is 1. The van der Waals surface area contributed by atoms with Crippen molar-refractivity contribution in [3.05, 3.63) is 54.2 Å². The normalized spacial score (nSPS) is 19.0. The Balaban J connectivity index is 1.32. The maximum absolute atomic E-state index is 14.3. The van der Waals surface area contributed by atoms with Gasteiger partial charge in [-0.05, 0) is 67.6 Å². The molecule has 0 unspecified atom stereocenters. The lowest BCUT2D eigenvalue weighted by Crippen LogP contribution is -2.50. The molecule has 2 atom stereocenters. The topological polar surface area (TPSA) is 138 Å². The minimum atomic E-state index is -3.41. The van der Waals surface area contributed by atoms with Crippen LogP contribution in [0.1, 0.15) is 29.6 Å². The average Bonchev–Trinajstić information content (AvgIpc) is 3.68. The van der Waals surface area contributed by atoms with Crippen molar-refractivity contribution >= 4 is 37.8 Å². The summed E-state index contributed by atoms with van der Waals surface area (Å²) in [7, 11) is 0.0580. The number of benzene rings is 1. The third-order valence-electron chi connectivity index (χ3n) is 8.64. The number of alkyl halides is 1. The molecule has 13 heteroatoms. The molecule has 7 rings (SSSR count). The summed E-state index contributed by atoms with van der Waals surface area (Å²) in [5, 5.41) is 0.951. The first-order valence-electron chi connectivity index (χ1n) is 14.9. The van der Waals surface area contributed by atoms with Crippen LogP contribution in [-0.4, -0.2) is 82.0 Å². The molecule has 0 radical (unpaired) electrons. The van der Waals surface area contributed by atoms with Crippen LogP contribution >= 0.6 is 0 Å². The number of amides is 1. The van der Waals surface area contributed by atoms with E-state index in [-0.39, 0.29) is 23.9 Å². The summed E-state index contributed by atoms with van der Waals surface area (Å²) in [5.41, 5.74) is 10.8. The van der Waals surface area contributed by atoms with Gasteiger partial charge in [0, 0.05) is 55.1 Å². The number of fused-ring (bicyclic) bond motifs is 2. The fraction of sp³-hybridized carbons (Fsp3) is 0.375. The minimum absolute atomic E-state index is 0.00846. The van der Waals surface area contributed by atoms with Crippen molar-refractivity contribution in [1.29, 1.82) is 0 Å². The van der Waals surface area contributed by atoms with Gasteiger partial charge in [-0.25, -0.2) is 27.8 Å². The first-order valence-corrected chi connectivity index (χ1v) is 16.8. The number of halogens is 1. The highest BCUT2D eigenvalue weighted by Gasteiger charge is 2.30. The van der Waals surface area contributed by atoms with E-state index in [1.807, 2.05) is 23.7 Å².